The molecule has 3 rings (SSSR count). The van der Waals surface area contributed by atoms with Gasteiger partial charge in [-0.15, -0.1) is 12.4 Å². The Labute approximate surface area is 186 Å². The standard InChI is InChI=1S/C23H24F3NO3.ClH/c24-23(25,26)21-8-2-1-5-18(21)9-10-22(28)19-6-3-7-20(17-19)30-14-4-11-27-12-15-29-16-13-27;/h1-3,5-10,17H,4,11-16H2;1H/b10-9+;. The average Bonchev–Trinajstić information content (AvgIpc) is 2.75. The molecule has 0 aliphatic carbocycles. The van der Waals surface area contributed by atoms with Crippen LogP contribution in [0, 0.1) is 0 Å². The van der Waals surface area contributed by atoms with Gasteiger partial charge in [0.1, 0.15) is 5.75 Å². The van der Waals surface area contributed by atoms with Gasteiger partial charge in [0, 0.05) is 25.2 Å². The summed E-state index contributed by atoms with van der Waals surface area (Å²) in [7, 11) is 0. The van der Waals surface area contributed by atoms with Crippen LogP contribution in [0.4, 0.5) is 13.2 Å². The summed E-state index contributed by atoms with van der Waals surface area (Å²) in [6.45, 7) is 4.80. The van der Waals surface area contributed by atoms with Crippen molar-refractivity contribution in [3.8, 4) is 5.75 Å². The Hall–Kier alpha value is -2.35. The molecule has 1 saturated heterocycles. The molecule has 0 bridgehead atoms. The van der Waals surface area contributed by atoms with E-state index in [-0.39, 0.29) is 23.8 Å². The molecule has 0 unspecified atom stereocenters. The molecule has 1 fully saturated rings. The van der Waals surface area contributed by atoms with Gasteiger partial charge < -0.3 is 9.47 Å². The molecule has 1 aliphatic rings. The van der Waals surface area contributed by atoms with Gasteiger partial charge in [0.25, 0.3) is 0 Å². The Kier molecular flexibility index (Phi) is 9.55. The van der Waals surface area contributed by atoms with Crippen LogP contribution in [-0.2, 0) is 10.9 Å². The maximum absolute atomic E-state index is 13.1. The minimum Gasteiger partial charge on any atom is -0.494 e. The molecule has 0 spiro atoms. The van der Waals surface area contributed by atoms with E-state index in [1.165, 1.54) is 24.3 Å². The fraction of sp³-hybridized carbons (Fsp3) is 0.348. The minimum atomic E-state index is -4.47. The highest BCUT2D eigenvalue weighted by atomic mass is 35.5. The Bertz CT molecular complexity index is 880. The van der Waals surface area contributed by atoms with Crippen LogP contribution in [0.1, 0.15) is 27.9 Å². The van der Waals surface area contributed by atoms with Crippen LogP contribution < -0.4 is 4.74 Å². The van der Waals surface area contributed by atoms with Crippen molar-refractivity contribution < 1.29 is 27.4 Å². The topological polar surface area (TPSA) is 38.8 Å². The number of halogens is 4. The summed E-state index contributed by atoms with van der Waals surface area (Å²) in [4.78, 5) is 14.7. The first-order valence-corrected chi connectivity index (χ1v) is 9.85. The normalized spacial score (nSPS) is 14.9. The first-order chi connectivity index (χ1) is 14.4. The van der Waals surface area contributed by atoms with Crippen LogP contribution in [0.3, 0.4) is 0 Å². The zero-order valence-corrected chi connectivity index (χ0v) is 17.8. The van der Waals surface area contributed by atoms with Crippen molar-refractivity contribution in [1.82, 2.24) is 4.90 Å². The molecule has 0 amide bonds. The Morgan fingerprint density at radius 1 is 1.10 bits per heavy atom. The maximum atomic E-state index is 13.1. The molecular formula is C23H25ClF3NO3. The minimum absolute atomic E-state index is 0. The fourth-order valence-electron chi connectivity index (χ4n) is 3.20. The van der Waals surface area contributed by atoms with Crippen molar-refractivity contribution in [2.45, 2.75) is 12.6 Å². The van der Waals surface area contributed by atoms with Crippen LogP contribution >= 0.6 is 12.4 Å². The highest BCUT2D eigenvalue weighted by molar-refractivity contribution is 6.07. The van der Waals surface area contributed by atoms with Gasteiger partial charge in [-0.1, -0.05) is 36.4 Å². The first kappa shape index (κ1) is 24.9. The van der Waals surface area contributed by atoms with E-state index < -0.39 is 11.7 Å². The zero-order valence-electron chi connectivity index (χ0n) is 16.9. The van der Waals surface area contributed by atoms with Crippen LogP contribution in [0.5, 0.6) is 5.75 Å². The predicted octanol–water partition coefficient (Wildman–Crippen LogP) is 5.12. The Balaban J connectivity index is 0.00000341. The van der Waals surface area contributed by atoms with Crippen LogP contribution in [-0.4, -0.2) is 50.1 Å². The third kappa shape index (κ3) is 7.69. The van der Waals surface area contributed by atoms with E-state index in [9.17, 15) is 18.0 Å². The van der Waals surface area contributed by atoms with E-state index >= 15 is 0 Å². The van der Waals surface area contributed by atoms with Crippen LogP contribution in [0.2, 0.25) is 0 Å². The number of hydrogen-bond donors (Lipinski definition) is 0. The van der Waals surface area contributed by atoms with E-state index in [1.807, 2.05) is 0 Å². The Morgan fingerprint density at radius 3 is 2.58 bits per heavy atom. The second-order valence-corrected chi connectivity index (χ2v) is 6.97. The fourth-order valence-corrected chi connectivity index (χ4v) is 3.20. The zero-order chi connectivity index (χ0) is 21.4. The molecule has 1 aliphatic heterocycles. The number of nitrogens with zero attached hydrogens (tertiary/aromatic N) is 1. The molecule has 8 heteroatoms. The number of rotatable bonds is 8. The molecule has 0 atom stereocenters. The summed E-state index contributed by atoms with van der Waals surface area (Å²) >= 11 is 0. The summed E-state index contributed by atoms with van der Waals surface area (Å²) in [5.41, 5.74) is -0.457. The number of carbonyl (C=O) groups excluding carboxylic acids is 1. The molecule has 31 heavy (non-hydrogen) atoms. The Morgan fingerprint density at radius 2 is 1.84 bits per heavy atom. The van der Waals surface area contributed by atoms with Gasteiger partial charge in [-0.25, -0.2) is 0 Å². The summed E-state index contributed by atoms with van der Waals surface area (Å²) in [5, 5.41) is 0. The number of hydrogen-bond acceptors (Lipinski definition) is 4. The summed E-state index contributed by atoms with van der Waals surface area (Å²) in [6, 6.07) is 11.8. The van der Waals surface area contributed by atoms with E-state index in [0.717, 1.165) is 51.4 Å². The first-order valence-electron chi connectivity index (χ1n) is 9.85. The number of carbonyl (C=O) groups is 1. The van der Waals surface area contributed by atoms with Crippen molar-refractivity contribution in [1.29, 1.82) is 0 Å². The van der Waals surface area contributed by atoms with Gasteiger partial charge in [-0.2, -0.15) is 13.2 Å². The van der Waals surface area contributed by atoms with Gasteiger partial charge in [0.2, 0.25) is 0 Å². The second kappa shape index (κ2) is 11.9. The number of morpholine rings is 1. The van der Waals surface area contributed by atoms with E-state index in [2.05, 4.69) is 4.90 Å². The van der Waals surface area contributed by atoms with Crippen molar-refractivity contribution in [3.05, 3.63) is 71.3 Å². The molecule has 1 heterocycles. The van der Waals surface area contributed by atoms with E-state index in [1.54, 1.807) is 24.3 Å². The largest absolute Gasteiger partial charge is 0.494 e. The SMILES string of the molecule is Cl.O=C(/C=C/c1ccccc1C(F)(F)F)c1cccc(OCCCN2CCOCC2)c1. The molecule has 0 saturated carbocycles. The lowest BCUT2D eigenvalue weighted by molar-refractivity contribution is -0.137. The molecule has 4 nitrogen and oxygen atoms in total. The smallest absolute Gasteiger partial charge is 0.416 e. The van der Waals surface area contributed by atoms with Crippen LogP contribution in [0.25, 0.3) is 6.08 Å². The summed E-state index contributed by atoms with van der Waals surface area (Å²) in [6.07, 6.45) is -1.27. The van der Waals surface area contributed by atoms with Gasteiger partial charge >= 0.3 is 6.18 Å². The molecule has 0 N–H and O–H groups in total. The molecule has 168 valence electrons. The molecule has 2 aromatic rings. The molecule has 0 radical (unpaired) electrons. The third-order valence-electron chi connectivity index (χ3n) is 4.79. The second-order valence-electron chi connectivity index (χ2n) is 6.97. The number of allylic oxidation sites excluding steroid dienone is 1. The number of ketones is 1. The number of alkyl halides is 3. The average molecular weight is 456 g/mol. The summed E-state index contributed by atoms with van der Waals surface area (Å²) in [5.74, 6) is 0.178. The lowest BCUT2D eigenvalue weighted by atomic mass is 10.0. The molecular weight excluding hydrogens is 431 g/mol. The monoisotopic (exact) mass is 455 g/mol. The van der Waals surface area contributed by atoms with Crippen LogP contribution in [0.15, 0.2) is 54.6 Å². The van der Waals surface area contributed by atoms with Crippen molar-refractivity contribution in [3.63, 3.8) is 0 Å². The lowest BCUT2D eigenvalue weighted by Crippen LogP contribution is -2.37. The highest BCUT2D eigenvalue weighted by Crippen LogP contribution is 2.32. The van der Waals surface area contributed by atoms with Crippen molar-refractivity contribution in [2.75, 3.05) is 39.5 Å². The quantitative estimate of drug-likeness (QED) is 0.314. The van der Waals surface area contributed by atoms with Crippen molar-refractivity contribution >= 4 is 24.3 Å². The highest BCUT2D eigenvalue weighted by Gasteiger charge is 2.32. The van der Waals surface area contributed by atoms with Gasteiger partial charge in [0.05, 0.1) is 25.4 Å². The third-order valence-corrected chi connectivity index (χ3v) is 4.79. The van der Waals surface area contributed by atoms with Gasteiger partial charge in [0.15, 0.2) is 5.78 Å². The molecule has 0 aromatic heterocycles. The van der Waals surface area contributed by atoms with E-state index in [4.69, 9.17) is 9.47 Å². The van der Waals surface area contributed by atoms with Gasteiger partial charge in [-0.3, -0.25) is 9.69 Å². The van der Waals surface area contributed by atoms with Gasteiger partial charge in [-0.05, 0) is 36.3 Å². The number of ether oxygens (including phenoxy) is 2. The lowest BCUT2D eigenvalue weighted by Gasteiger charge is -2.26. The van der Waals surface area contributed by atoms with Crippen molar-refractivity contribution in [2.24, 2.45) is 0 Å². The summed E-state index contributed by atoms with van der Waals surface area (Å²) < 4.78 is 50.3. The van der Waals surface area contributed by atoms with E-state index in [0.29, 0.717) is 17.9 Å². The molecule has 2 aromatic carbocycles. The number of benzene rings is 2. The predicted molar refractivity (Wildman–Crippen MR) is 116 cm³/mol. The maximum Gasteiger partial charge on any atom is 0.416 e.